The van der Waals surface area contributed by atoms with Crippen LogP contribution >= 0.6 is 0 Å². The van der Waals surface area contributed by atoms with E-state index in [0.717, 1.165) is 11.8 Å². The second-order valence-electron chi connectivity index (χ2n) is 7.01. The fourth-order valence-corrected chi connectivity index (χ4v) is 3.98. The second kappa shape index (κ2) is 5.75. The van der Waals surface area contributed by atoms with Gasteiger partial charge in [0.1, 0.15) is 5.78 Å². The van der Waals surface area contributed by atoms with Crippen LogP contribution in [-0.2, 0) is 4.79 Å². The lowest BCUT2D eigenvalue weighted by Crippen LogP contribution is -2.07. The molecule has 0 aromatic carbocycles. The number of carbonyl (C=O) groups excluding carboxylic acids is 1. The van der Waals surface area contributed by atoms with Gasteiger partial charge in [0.05, 0.1) is 0 Å². The van der Waals surface area contributed by atoms with Crippen LogP contribution in [0.1, 0.15) is 77.0 Å². The van der Waals surface area contributed by atoms with Crippen molar-refractivity contribution in [2.45, 2.75) is 77.0 Å². The molecular formula is C17H28O. The van der Waals surface area contributed by atoms with E-state index in [-0.39, 0.29) is 0 Å². The van der Waals surface area contributed by atoms with E-state index in [2.05, 4.69) is 0 Å². The molecule has 1 heteroatoms. The molecule has 0 amide bonds. The predicted molar refractivity (Wildman–Crippen MR) is 74.4 cm³/mol. The second-order valence-corrected chi connectivity index (χ2v) is 7.01. The summed E-state index contributed by atoms with van der Waals surface area (Å²) in [6.45, 7) is 0. The van der Waals surface area contributed by atoms with E-state index in [0.29, 0.717) is 17.6 Å². The smallest absolute Gasteiger partial charge is 0.139 e. The van der Waals surface area contributed by atoms with Crippen molar-refractivity contribution in [1.82, 2.24) is 0 Å². The van der Waals surface area contributed by atoms with Gasteiger partial charge in [-0.15, -0.1) is 0 Å². The van der Waals surface area contributed by atoms with E-state index < -0.39 is 0 Å². The van der Waals surface area contributed by atoms with Crippen LogP contribution in [0.15, 0.2) is 0 Å². The number of Topliss-reactive ketones (excluding diaryl/α,β-unsaturated/α-hetero) is 1. The minimum atomic E-state index is 0.505. The Balaban J connectivity index is 1.48. The summed E-state index contributed by atoms with van der Waals surface area (Å²) >= 11 is 0. The quantitative estimate of drug-likeness (QED) is 0.605. The van der Waals surface area contributed by atoms with Crippen LogP contribution in [0.2, 0.25) is 0 Å². The topological polar surface area (TPSA) is 17.1 Å². The van der Waals surface area contributed by atoms with Crippen LogP contribution in [0, 0.1) is 23.7 Å². The summed E-state index contributed by atoms with van der Waals surface area (Å²) in [7, 11) is 0. The summed E-state index contributed by atoms with van der Waals surface area (Å²) in [5.74, 6) is 3.27. The summed E-state index contributed by atoms with van der Waals surface area (Å²) in [6, 6.07) is 0. The lowest BCUT2D eigenvalue weighted by Gasteiger charge is -2.02. The molecule has 0 saturated heterocycles. The summed E-state index contributed by atoms with van der Waals surface area (Å²) < 4.78 is 0. The first kappa shape index (κ1) is 12.7. The van der Waals surface area contributed by atoms with Gasteiger partial charge in [-0.25, -0.2) is 0 Å². The Labute approximate surface area is 112 Å². The molecule has 3 aliphatic rings. The van der Waals surface area contributed by atoms with Crippen molar-refractivity contribution in [2.75, 3.05) is 0 Å². The van der Waals surface area contributed by atoms with Crippen LogP contribution in [0.4, 0.5) is 0 Å². The third-order valence-electron chi connectivity index (χ3n) is 5.48. The lowest BCUT2D eigenvalue weighted by atomic mass is 10.0. The fraction of sp³-hybridized carbons (Fsp3) is 0.941. The van der Waals surface area contributed by atoms with E-state index in [1.807, 2.05) is 0 Å². The maximum absolute atomic E-state index is 12.3. The van der Waals surface area contributed by atoms with E-state index in [1.54, 1.807) is 0 Å². The summed E-state index contributed by atoms with van der Waals surface area (Å²) in [4.78, 5) is 12.3. The van der Waals surface area contributed by atoms with Gasteiger partial charge in [0.2, 0.25) is 0 Å². The Morgan fingerprint density at radius 1 is 0.611 bits per heavy atom. The standard InChI is InChI=1S/C17H28O/c18-17-15-11-13(15)9-7-5-3-1-2-4-6-8-10-14-12-16(14)17/h13-16H,1-12H2/t13-,14-,15-,16+/m1/s1. The minimum Gasteiger partial charge on any atom is -0.299 e. The zero-order chi connectivity index (χ0) is 12.4. The van der Waals surface area contributed by atoms with Crippen LogP contribution in [-0.4, -0.2) is 5.78 Å². The molecule has 1 nitrogen and oxygen atoms in total. The monoisotopic (exact) mass is 248 g/mol. The van der Waals surface area contributed by atoms with E-state index in [9.17, 15) is 4.79 Å². The van der Waals surface area contributed by atoms with Crippen molar-refractivity contribution in [1.29, 1.82) is 0 Å². The van der Waals surface area contributed by atoms with Crippen molar-refractivity contribution in [3.63, 3.8) is 0 Å². The molecule has 0 bridgehead atoms. The lowest BCUT2D eigenvalue weighted by molar-refractivity contribution is -0.122. The number of hydrogen-bond acceptors (Lipinski definition) is 1. The number of ketones is 1. The van der Waals surface area contributed by atoms with Crippen molar-refractivity contribution < 1.29 is 4.79 Å². The Morgan fingerprint density at radius 2 is 1.00 bits per heavy atom. The van der Waals surface area contributed by atoms with Gasteiger partial charge in [-0.3, -0.25) is 4.79 Å². The van der Waals surface area contributed by atoms with Gasteiger partial charge in [-0.05, 0) is 37.5 Å². The first-order valence-electron chi connectivity index (χ1n) is 8.40. The van der Waals surface area contributed by atoms with Crippen molar-refractivity contribution in [3.8, 4) is 0 Å². The summed E-state index contributed by atoms with van der Waals surface area (Å²) in [5.41, 5.74) is 0. The Kier molecular flexibility index (Phi) is 4.06. The third-order valence-corrected chi connectivity index (χ3v) is 5.48. The van der Waals surface area contributed by atoms with Crippen molar-refractivity contribution >= 4 is 5.78 Å². The molecular weight excluding hydrogens is 220 g/mol. The summed E-state index contributed by atoms with van der Waals surface area (Å²) in [6.07, 6.45) is 16.5. The number of hydrogen-bond donors (Lipinski definition) is 0. The zero-order valence-corrected chi connectivity index (χ0v) is 11.7. The number of carbonyl (C=O) groups is 1. The van der Waals surface area contributed by atoms with Crippen LogP contribution < -0.4 is 0 Å². The SMILES string of the molecule is O=C1[C@H]2C[C@H]2CCCCCCCCCC[C@@H]2C[C@@H]12. The maximum Gasteiger partial charge on any atom is 0.139 e. The zero-order valence-electron chi connectivity index (χ0n) is 11.7. The molecule has 0 radical (unpaired) electrons. The van der Waals surface area contributed by atoms with Gasteiger partial charge in [0.25, 0.3) is 0 Å². The first-order chi connectivity index (χ1) is 8.86. The van der Waals surface area contributed by atoms with Crippen LogP contribution in [0.3, 0.4) is 0 Å². The van der Waals surface area contributed by atoms with Gasteiger partial charge in [0, 0.05) is 11.8 Å². The highest BCUT2D eigenvalue weighted by molar-refractivity contribution is 5.88. The molecule has 0 N–H and O–H groups in total. The third kappa shape index (κ3) is 3.16. The molecule has 0 unspecified atom stereocenters. The highest BCUT2D eigenvalue weighted by Crippen LogP contribution is 2.52. The predicted octanol–water partition coefficient (Wildman–Crippen LogP) is 4.74. The molecule has 3 saturated carbocycles. The van der Waals surface area contributed by atoms with Gasteiger partial charge < -0.3 is 0 Å². The summed E-state index contributed by atoms with van der Waals surface area (Å²) in [5, 5.41) is 0. The minimum absolute atomic E-state index is 0.505. The number of rotatable bonds is 0. The molecule has 4 atom stereocenters. The maximum atomic E-state index is 12.3. The average Bonchev–Trinajstić information content (AvgIpc) is 3.23. The largest absolute Gasteiger partial charge is 0.299 e. The van der Waals surface area contributed by atoms with Crippen LogP contribution in [0.25, 0.3) is 0 Å². The number of fused-ring (bicyclic) bond motifs is 2. The van der Waals surface area contributed by atoms with Gasteiger partial charge in [-0.2, -0.15) is 0 Å². The molecule has 0 aromatic rings. The van der Waals surface area contributed by atoms with Gasteiger partial charge in [0.15, 0.2) is 0 Å². The van der Waals surface area contributed by atoms with E-state index in [4.69, 9.17) is 0 Å². The Hall–Kier alpha value is -0.330. The van der Waals surface area contributed by atoms with E-state index in [1.165, 1.54) is 77.0 Å². The first-order valence-corrected chi connectivity index (χ1v) is 8.40. The molecule has 0 aromatic heterocycles. The normalized spacial score (nSPS) is 42.1. The van der Waals surface area contributed by atoms with Gasteiger partial charge >= 0.3 is 0 Å². The molecule has 102 valence electrons. The Morgan fingerprint density at radius 3 is 1.44 bits per heavy atom. The molecule has 0 heterocycles. The van der Waals surface area contributed by atoms with Crippen LogP contribution in [0.5, 0.6) is 0 Å². The molecule has 3 rings (SSSR count). The molecule has 18 heavy (non-hydrogen) atoms. The van der Waals surface area contributed by atoms with Gasteiger partial charge in [-0.1, -0.05) is 51.4 Å². The van der Waals surface area contributed by atoms with Crippen molar-refractivity contribution in [2.24, 2.45) is 23.7 Å². The molecule has 3 aliphatic carbocycles. The molecule has 3 fully saturated rings. The van der Waals surface area contributed by atoms with E-state index >= 15 is 0 Å². The van der Waals surface area contributed by atoms with Crippen molar-refractivity contribution in [3.05, 3.63) is 0 Å². The highest BCUT2D eigenvalue weighted by Gasteiger charge is 2.51. The average molecular weight is 248 g/mol. The molecule has 0 spiro atoms. The highest BCUT2D eigenvalue weighted by atomic mass is 16.1. The Bertz CT molecular complexity index is 268. The fourth-order valence-electron chi connectivity index (χ4n) is 3.98. The molecule has 0 aliphatic heterocycles.